The van der Waals surface area contributed by atoms with Gasteiger partial charge in [0, 0.05) is 10.5 Å². The van der Waals surface area contributed by atoms with Crippen LogP contribution in [0, 0.1) is 0 Å². The van der Waals surface area contributed by atoms with E-state index in [9.17, 15) is 4.57 Å². The fourth-order valence-electron chi connectivity index (χ4n) is 0.849. The largest absolute Gasteiger partial charge is 0.313 e. The molecule has 0 aromatic rings. The Kier molecular flexibility index (Phi) is 6.88. The van der Waals surface area contributed by atoms with Gasteiger partial charge in [-0.3, -0.25) is 4.57 Å². The van der Waals surface area contributed by atoms with Gasteiger partial charge in [-0.15, -0.1) is 0 Å². The molecule has 0 saturated carbocycles. The summed E-state index contributed by atoms with van der Waals surface area (Å²) in [7, 11) is 0. The van der Waals surface area contributed by atoms with Crippen molar-refractivity contribution in [1.29, 1.82) is 0 Å². The molecular formula is C9H21O2PS2. The highest BCUT2D eigenvalue weighted by molar-refractivity contribution is 8.89. The van der Waals surface area contributed by atoms with Crippen molar-refractivity contribution < 1.29 is 9.09 Å². The van der Waals surface area contributed by atoms with Gasteiger partial charge >= 0.3 is 5.77 Å². The number of hydrogen-bond donors (Lipinski definition) is 0. The third-order valence-electron chi connectivity index (χ3n) is 1.02. The number of hydrogen-bond acceptors (Lipinski definition) is 4. The quantitative estimate of drug-likeness (QED) is 0.637. The second kappa shape index (κ2) is 6.47. The Morgan fingerprint density at radius 2 is 1.29 bits per heavy atom. The van der Waals surface area contributed by atoms with Gasteiger partial charge in [0.25, 0.3) is 0 Å². The Balaban J connectivity index is 4.41. The summed E-state index contributed by atoms with van der Waals surface area (Å²) in [6.45, 7) is 12.0. The summed E-state index contributed by atoms with van der Waals surface area (Å²) in [6, 6.07) is 0. The summed E-state index contributed by atoms with van der Waals surface area (Å²) in [6.07, 6.45) is 0.0262. The summed E-state index contributed by atoms with van der Waals surface area (Å²) in [5.41, 5.74) is 0. The van der Waals surface area contributed by atoms with Crippen molar-refractivity contribution in [3.8, 4) is 0 Å². The van der Waals surface area contributed by atoms with Crippen molar-refractivity contribution in [3.05, 3.63) is 0 Å². The van der Waals surface area contributed by atoms with E-state index >= 15 is 0 Å². The molecule has 0 aromatic carbocycles. The minimum absolute atomic E-state index is 0.0262. The Hall–Kier alpha value is 0.890. The zero-order chi connectivity index (χ0) is 11.4. The standard InChI is InChI=1S/C9H21O2PS2/c1-7(2)11-12(10,13-8(3)4)14-9(5)6/h7-9H,1-6H3. The molecular weight excluding hydrogens is 235 g/mol. The Labute approximate surface area is 95.9 Å². The van der Waals surface area contributed by atoms with Crippen LogP contribution >= 0.6 is 28.5 Å². The maximum absolute atomic E-state index is 12.3. The molecule has 0 N–H and O–H groups in total. The predicted molar refractivity (Wildman–Crippen MR) is 69.3 cm³/mol. The molecule has 0 saturated heterocycles. The molecule has 0 aliphatic rings. The summed E-state index contributed by atoms with van der Waals surface area (Å²) in [5, 5.41) is 0.677. The lowest BCUT2D eigenvalue weighted by Crippen LogP contribution is -2.00. The van der Waals surface area contributed by atoms with Gasteiger partial charge in [-0.2, -0.15) is 0 Å². The average Bonchev–Trinajstić information content (AvgIpc) is 1.76. The molecule has 14 heavy (non-hydrogen) atoms. The van der Waals surface area contributed by atoms with Crippen LogP contribution in [0.2, 0.25) is 0 Å². The van der Waals surface area contributed by atoms with Gasteiger partial charge in [-0.05, 0) is 13.8 Å². The zero-order valence-corrected chi connectivity index (χ0v) is 12.3. The van der Waals surface area contributed by atoms with Gasteiger partial charge in [0.15, 0.2) is 0 Å². The highest BCUT2D eigenvalue weighted by Crippen LogP contribution is 2.72. The monoisotopic (exact) mass is 256 g/mol. The molecule has 0 aliphatic heterocycles. The molecule has 2 nitrogen and oxygen atoms in total. The molecule has 0 radical (unpaired) electrons. The molecule has 0 aliphatic carbocycles. The lowest BCUT2D eigenvalue weighted by molar-refractivity contribution is 0.261. The van der Waals surface area contributed by atoms with Crippen LogP contribution in [0.1, 0.15) is 41.5 Å². The van der Waals surface area contributed by atoms with E-state index in [1.54, 1.807) is 0 Å². The number of rotatable bonds is 6. The van der Waals surface area contributed by atoms with Crippen LogP contribution in [0.15, 0.2) is 0 Å². The topological polar surface area (TPSA) is 26.3 Å². The Morgan fingerprint density at radius 1 is 0.929 bits per heavy atom. The highest BCUT2D eigenvalue weighted by Gasteiger charge is 2.29. The van der Waals surface area contributed by atoms with Gasteiger partial charge in [-0.1, -0.05) is 50.5 Å². The first-order valence-electron chi connectivity index (χ1n) is 4.90. The van der Waals surface area contributed by atoms with Gasteiger partial charge in [0.1, 0.15) is 0 Å². The molecule has 0 rings (SSSR count). The summed E-state index contributed by atoms with van der Waals surface area (Å²) in [4.78, 5) is 0. The zero-order valence-electron chi connectivity index (χ0n) is 9.81. The van der Waals surface area contributed by atoms with E-state index in [4.69, 9.17) is 4.52 Å². The van der Waals surface area contributed by atoms with Crippen molar-refractivity contribution in [2.24, 2.45) is 0 Å². The van der Waals surface area contributed by atoms with Crippen LogP contribution in [0.25, 0.3) is 0 Å². The van der Waals surface area contributed by atoms with Crippen molar-refractivity contribution >= 4 is 28.5 Å². The normalized spacial score (nSPS) is 13.2. The van der Waals surface area contributed by atoms with E-state index in [-0.39, 0.29) is 6.10 Å². The lowest BCUT2D eigenvalue weighted by Gasteiger charge is -2.22. The van der Waals surface area contributed by atoms with Crippen molar-refractivity contribution in [3.63, 3.8) is 0 Å². The van der Waals surface area contributed by atoms with Crippen molar-refractivity contribution in [1.82, 2.24) is 0 Å². The van der Waals surface area contributed by atoms with Crippen LogP contribution in [0.4, 0.5) is 0 Å². The first-order valence-corrected chi connectivity index (χ1v) is 9.50. The fraction of sp³-hybridized carbons (Fsp3) is 1.00. The van der Waals surface area contributed by atoms with Gasteiger partial charge < -0.3 is 4.52 Å². The Morgan fingerprint density at radius 3 is 1.50 bits per heavy atom. The first kappa shape index (κ1) is 14.9. The van der Waals surface area contributed by atoms with E-state index in [1.807, 2.05) is 41.5 Å². The molecule has 0 bridgehead atoms. The molecule has 0 atom stereocenters. The predicted octanol–water partition coefficient (Wildman–Crippen LogP) is 4.80. The van der Waals surface area contributed by atoms with E-state index in [1.165, 1.54) is 22.8 Å². The van der Waals surface area contributed by atoms with Crippen LogP contribution < -0.4 is 0 Å². The maximum atomic E-state index is 12.3. The van der Waals surface area contributed by atoms with E-state index in [2.05, 4.69) is 0 Å². The van der Waals surface area contributed by atoms with E-state index < -0.39 is 5.77 Å². The molecule has 86 valence electrons. The first-order chi connectivity index (χ1) is 6.25. The van der Waals surface area contributed by atoms with Gasteiger partial charge in [0.2, 0.25) is 0 Å². The molecule has 0 heterocycles. The van der Waals surface area contributed by atoms with Crippen LogP contribution in [0.3, 0.4) is 0 Å². The van der Waals surface area contributed by atoms with Crippen molar-refractivity contribution in [2.45, 2.75) is 58.1 Å². The van der Waals surface area contributed by atoms with Crippen LogP contribution in [0.5, 0.6) is 0 Å². The van der Waals surface area contributed by atoms with E-state index in [0.717, 1.165) is 0 Å². The molecule has 0 aromatic heterocycles. The third-order valence-corrected chi connectivity index (χ3v) is 9.20. The maximum Gasteiger partial charge on any atom is 0.313 e. The smallest absolute Gasteiger partial charge is 0.311 e. The third kappa shape index (κ3) is 7.22. The fourth-order valence-corrected chi connectivity index (χ4v) is 10.7. The van der Waals surface area contributed by atoms with Crippen LogP contribution in [-0.2, 0) is 9.09 Å². The average molecular weight is 256 g/mol. The van der Waals surface area contributed by atoms with Gasteiger partial charge in [-0.25, -0.2) is 0 Å². The summed E-state index contributed by atoms with van der Waals surface area (Å²) in [5.74, 6) is -2.55. The summed E-state index contributed by atoms with van der Waals surface area (Å²) < 4.78 is 17.9. The molecule has 0 unspecified atom stereocenters. The van der Waals surface area contributed by atoms with E-state index in [0.29, 0.717) is 10.5 Å². The lowest BCUT2D eigenvalue weighted by atomic mass is 10.5. The van der Waals surface area contributed by atoms with Gasteiger partial charge in [0.05, 0.1) is 6.10 Å². The van der Waals surface area contributed by atoms with Crippen molar-refractivity contribution in [2.75, 3.05) is 0 Å². The van der Waals surface area contributed by atoms with Crippen LogP contribution in [-0.4, -0.2) is 16.6 Å². The second-order valence-corrected chi connectivity index (χ2v) is 12.2. The minimum Gasteiger partial charge on any atom is -0.311 e. The SMILES string of the molecule is CC(C)OP(=O)(SC(C)C)SC(C)C. The second-order valence-electron chi connectivity index (χ2n) is 3.91. The minimum atomic E-state index is -2.55. The highest BCUT2D eigenvalue weighted by atomic mass is 33.1. The molecule has 0 fully saturated rings. The summed E-state index contributed by atoms with van der Waals surface area (Å²) >= 11 is 2.91. The molecule has 0 amide bonds. The molecule has 0 spiro atoms. The Bertz CT molecular complexity index is 172. The molecule has 5 heteroatoms.